The Kier molecular flexibility index (Phi) is 2.84. The lowest BCUT2D eigenvalue weighted by Crippen LogP contribution is -2.05. The Morgan fingerprint density at radius 1 is 1.50 bits per heavy atom. The van der Waals surface area contributed by atoms with Gasteiger partial charge in [-0.05, 0) is 5.92 Å². The molecule has 0 bridgehead atoms. The third-order valence-corrected chi connectivity index (χ3v) is 2.60. The average Bonchev–Trinajstić information content (AvgIpc) is 2.27. The maximum atomic E-state index is 11.1. The Hall–Kier alpha value is -1.04. The molecule has 5 nitrogen and oxygen atoms in total. The van der Waals surface area contributed by atoms with E-state index in [1.807, 2.05) is 13.8 Å². The topological polar surface area (TPSA) is 86.2 Å². The van der Waals surface area contributed by atoms with Gasteiger partial charge >= 0.3 is 0 Å². The molecule has 1 heterocycles. The normalized spacial score (nSPS) is 12.3. The fraction of sp³-hybridized carbons (Fsp3) is 0.625. The number of hydrogen-bond donors (Lipinski definition) is 1. The molecular formula is C8H14N2O3S. The average molecular weight is 218 g/mol. The molecule has 1 aromatic heterocycles. The van der Waals surface area contributed by atoms with Crippen molar-refractivity contribution in [3.05, 3.63) is 11.3 Å². The maximum absolute atomic E-state index is 11.1. The van der Waals surface area contributed by atoms with Crippen LogP contribution in [0.15, 0.2) is 4.52 Å². The summed E-state index contributed by atoms with van der Waals surface area (Å²) >= 11 is 0. The van der Waals surface area contributed by atoms with Crippen molar-refractivity contribution in [3.8, 4) is 0 Å². The fourth-order valence-corrected chi connectivity index (χ4v) is 2.02. The molecule has 0 unspecified atom stereocenters. The van der Waals surface area contributed by atoms with E-state index in [2.05, 4.69) is 5.16 Å². The molecule has 0 spiro atoms. The smallest absolute Gasteiger partial charge is 0.225 e. The number of rotatable bonds is 3. The van der Waals surface area contributed by atoms with E-state index in [1.165, 1.54) is 0 Å². The largest absolute Gasteiger partial charge is 0.367 e. The predicted molar refractivity (Wildman–Crippen MR) is 53.6 cm³/mol. The zero-order chi connectivity index (χ0) is 10.9. The van der Waals surface area contributed by atoms with E-state index in [4.69, 9.17) is 10.3 Å². The zero-order valence-electron chi connectivity index (χ0n) is 8.44. The molecule has 14 heavy (non-hydrogen) atoms. The van der Waals surface area contributed by atoms with Gasteiger partial charge in [-0.15, -0.1) is 0 Å². The van der Waals surface area contributed by atoms with Gasteiger partial charge in [-0.3, -0.25) is 0 Å². The van der Waals surface area contributed by atoms with E-state index >= 15 is 0 Å². The second-order valence-electron chi connectivity index (χ2n) is 3.63. The molecule has 6 heteroatoms. The zero-order valence-corrected chi connectivity index (χ0v) is 9.26. The molecule has 0 saturated carbocycles. The monoisotopic (exact) mass is 218 g/mol. The molecule has 1 aromatic rings. The molecule has 0 aromatic carbocycles. The molecule has 80 valence electrons. The molecule has 2 N–H and O–H groups in total. The van der Waals surface area contributed by atoms with Crippen LogP contribution in [-0.4, -0.2) is 19.8 Å². The van der Waals surface area contributed by atoms with Gasteiger partial charge in [0.05, 0.1) is 5.75 Å². The van der Waals surface area contributed by atoms with Crippen molar-refractivity contribution in [3.63, 3.8) is 0 Å². The summed E-state index contributed by atoms with van der Waals surface area (Å²) in [6, 6.07) is 0. The van der Waals surface area contributed by atoms with Crippen molar-refractivity contribution in [2.24, 2.45) is 0 Å². The van der Waals surface area contributed by atoms with Crippen LogP contribution in [0.4, 0.5) is 5.88 Å². The number of nitrogen functional groups attached to an aromatic ring is 1. The highest BCUT2D eigenvalue weighted by Crippen LogP contribution is 2.26. The lowest BCUT2D eigenvalue weighted by atomic mass is 10.0. The maximum Gasteiger partial charge on any atom is 0.225 e. The van der Waals surface area contributed by atoms with Crippen molar-refractivity contribution in [2.45, 2.75) is 25.5 Å². The Balaban J connectivity index is 3.10. The second kappa shape index (κ2) is 3.61. The third kappa shape index (κ3) is 2.47. The summed E-state index contributed by atoms with van der Waals surface area (Å²) in [4.78, 5) is 0. The van der Waals surface area contributed by atoms with E-state index < -0.39 is 9.84 Å². The van der Waals surface area contributed by atoms with Gasteiger partial charge < -0.3 is 10.3 Å². The standard InChI is InChI=1S/C8H14N2O3S/c1-5(2)7-6(4-14(3,11)12)10-13-8(7)9/h5H,4,9H2,1-3H3. The van der Waals surface area contributed by atoms with Crippen LogP contribution < -0.4 is 5.73 Å². The summed E-state index contributed by atoms with van der Waals surface area (Å²) in [6.45, 7) is 3.82. The van der Waals surface area contributed by atoms with Gasteiger partial charge in [0, 0.05) is 11.8 Å². The van der Waals surface area contributed by atoms with Gasteiger partial charge in [0.25, 0.3) is 0 Å². The van der Waals surface area contributed by atoms with Gasteiger partial charge in [0.15, 0.2) is 9.84 Å². The van der Waals surface area contributed by atoms with Crippen molar-refractivity contribution in [2.75, 3.05) is 12.0 Å². The van der Waals surface area contributed by atoms with Crippen LogP contribution in [0.1, 0.15) is 31.0 Å². The minimum atomic E-state index is -3.10. The minimum absolute atomic E-state index is 0.109. The van der Waals surface area contributed by atoms with E-state index in [0.717, 1.165) is 6.26 Å². The Morgan fingerprint density at radius 3 is 2.50 bits per heavy atom. The van der Waals surface area contributed by atoms with Crippen LogP contribution >= 0.6 is 0 Å². The highest BCUT2D eigenvalue weighted by molar-refractivity contribution is 7.89. The van der Waals surface area contributed by atoms with E-state index in [9.17, 15) is 8.42 Å². The highest BCUT2D eigenvalue weighted by Gasteiger charge is 2.19. The van der Waals surface area contributed by atoms with Crippen molar-refractivity contribution in [1.29, 1.82) is 0 Å². The predicted octanol–water partition coefficient (Wildman–Crippen LogP) is 0.925. The number of aromatic nitrogens is 1. The SMILES string of the molecule is CC(C)c1c(CS(C)(=O)=O)noc1N. The summed E-state index contributed by atoms with van der Waals surface area (Å²) < 4.78 is 26.9. The number of nitrogens with two attached hydrogens (primary N) is 1. The van der Waals surface area contributed by atoms with Crippen LogP contribution in [0.5, 0.6) is 0 Å². The summed E-state index contributed by atoms with van der Waals surface area (Å²) in [5.74, 6) is 0.193. The van der Waals surface area contributed by atoms with Crippen LogP contribution in [0.25, 0.3) is 0 Å². The van der Waals surface area contributed by atoms with E-state index in [0.29, 0.717) is 11.3 Å². The van der Waals surface area contributed by atoms with E-state index in [1.54, 1.807) is 0 Å². The second-order valence-corrected chi connectivity index (χ2v) is 5.77. The summed E-state index contributed by atoms with van der Waals surface area (Å²) in [5, 5.41) is 3.64. The quantitative estimate of drug-likeness (QED) is 0.815. The van der Waals surface area contributed by atoms with Gasteiger partial charge in [-0.1, -0.05) is 19.0 Å². The molecule has 0 fully saturated rings. The highest BCUT2D eigenvalue weighted by atomic mass is 32.2. The van der Waals surface area contributed by atoms with Crippen molar-refractivity contribution in [1.82, 2.24) is 5.16 Å². The van der Waals surface area contributed by atoms with Crippen LogP contribution in [0.2, 0.25) is 0 Å². The van der Waals surface area contributed by atoms with Gasteiger partial charge in [-0.25, -0.2) is 8.42 Å². The lowest BCUT2D eigenvalue weighted by Gasteiger charge is -2.03. The summed E-state index contributed by atoms with van der Waals surface area (Å²) in [7, 11) is -3.10. The Morgan fingerprint density at radius 2 is 2.07 bits per heavy atom. The molecule has 0 amide bonds. The molecule has 0 aliphatic heterocycles. The van der Waals surface area contributed by atoms with Crippen LogP contribution in [0, 0.1) is 0 Å². The third-order valence-electron chi connectivity index (χ3n) is 1.81. The summed E-state index contributed by atoms with van der Waals surface area (Å²) in [6.07, 6.45) is 1.15. The fourth-order valence-electron chi connectivity index (χ4n) is 1.32. The first-order valence-corrected chi connectivity index (χ1v) is 6.29. The Bertz CT molecular complexity index is 420. The molecule has 0 aliphatic rings. The molecule has 1 rings (SSSR count). The number of anilines is 1. The first kappa shape index (κ1) is 11.0. The lowest BCUT2D eigenvalue weighted by molar-refractivity contribution is 0.429. The first-order valence-electron chi connectivity index (χ1n) is 4.23. The van der Waals surface area contributed by atoms with Crippen LogP contribution in [-0.2, 0) is 15.6 Å². The Labute approximate surface area is 83.2 Å². The minimum Gasteiger partial charge on any atom is -0.367 e. The van der Waals surface area contributed by atoms with Crippen LogP contribution in [0.3, 0.4) is 0 Å². The summed E-state index contributed by atoms with van der Waals surface area (Å²) in [5.41, 5.74) is 6.64. The van der Waals surface area contributed by atoms with Crippen molar-refractivity contribution >= 4 is 15.7 Å². The molecule has 0 aliphatic carbocycles. The molecule has 0 saturated heterocycles. The van der Waals surface area contributed by atoms with Gasteiger partial charge in [0.2, 0.25) is 5.88 Å². The van der Waals surface area contributed by atoms with Gasteiger partial charge in [0.1, 0.15) is 5.69 Å². The first-order chi connectivity index (χ1) is 6.31. The molecule has 0 atom stereocenters. The van der Waals surface area contributed by atoms with Gasteiger partial charge in [-0.2, -0.15) is 0 Å². The number of hydrogen-bond acceptors (Lipinski definition) is 5. The van der Waals surface area contributed by atoms with E-state index in [-0.39, 0.29) is 17.6 Å². The molecular weight excluding hydrogens is 204 g/mol. The number of sulfone groups is 1. The number of nitrogens with zero attached hydrogens (tertiary/aromatic N) is 1. The van der Waals surface area contributed by atoms with Crippen molar-refractivity contribution < 1.29 is 12.9 Å². The molecule has 0 radical (unpaired) electrons.